The number of carbonyl (C=O) groups excluding carboxylic acids is 1. The second-order valence-corrected chi connectivity index (χ2v) is 3.63. The molecule has 0 saturated carbocycles. The maximum atomic E-state index is 12.4. The Morgan fingerprint density at radius 2 is 1.72 bits per heavy atom. The summed E-state index contributed by atoms with van der Waals surface area (Å²) in [6.07, 6.45) is -2.25. The van der Waals surface area contributed by atoms with Crippen molar-refractivity contribution in [3.63, 3.8) is 0 Å². The first kappa shape index (κ1) is 12.3. The normalized spacial score (nSPS) is 11.3. The zero-order valence-corrected chi connectivity index (χ0v) is 9.11. The molecule has 1 aromatic heterocycles. The molecule has 0 fully saturated rings. The number of hydrogen-bond acceptors (Lipinski definition) is 2. The number of benzene rings is 1. The van der Waals surface area contributed by atoms with Crippen LogP contribution in [0.4, 0.5) is 13.2 Å². The summed E-state index contributed by atoms with van der Waals surface area (Å²) in [6.45, 7) is 0. The highest BCUT2D eigenvalue weighted by Gasteiger charge is 2.30. The molecule has 0 aliphatic carbocycles. The van der Waals surface area contributed by atoms with Gasteiger partial charge in [0.25, 0.3) is 0 Å². The fourth-order valence-electron chi connectivity index (χ4n) is 1.57. The third-order valence-electron chi connectivity index (χ3n) is 2.45. The van der Waals surface area contributed by atoms with Crippen LogP contribution in [0.1, 0.15) is 15.9 Å². The second kappa shape index (κ2) is 4.60. The maximum absolute atomic E-state index is 12.4. The number of rotatable bonds is 2. The zero-order chi connectivity index (χ0) is 13.2. The van der Waals surface area contributed by atoms with E-state index in [0.29, 0.717) is 23.1 Å². The molecule has 0 unspecified atom stereocenters. The first-order valence-electron chi connectivity index (χ1n) is 5.10. The standard InChI is InChI=1S/C13H8F3NO/c14-13(15,16)11-5-3-9(4-6-11)12-10(8-18)2-1-7-17-12/h1-8H. The number of alkyl halides is 3. The third kappa shape index (κ3) is 2.40. The van der Waals surface area contributed by atoms with Gasteiger partial charge in [-0.3, -0.25) is 9.78 Å². The number of hydrogen-bond donors (Lipinski definition) is 0. The van der Waals surface area contributed by atoms with Crippen LogP contribution < -0.4 is 0 Å². The summed E-state index contributed by atoms with van der Waals surface area (Å²) in [5.41, 5.74) is 0.471. The molecule has 1 heterocycles. The maximum Gasteiger partial charge on any atom is 0.416 e. The Kier molecular flexibility index (Phi) is 3.14. The fourth-order valence-corrected chi connectivity index (χ4v) is 1.57. The van der Waals surface area contributed by atoms with Gasteiger partial charge in [-0.25, -0.2) is 0 Å². The number of carbonyl (C=O) groups is 1. The van der Waals surface area contributed by atoms with Crippen LogP contribution in [0, 0.1) is 0 Å². The smallest absolute Gasteiger partial charge is 0.298 e. The molecule has 1 aromatic carbocycles. The molecule has 2 aromatic rings. The van der Waals surface area contributed by atoms with Crippen molar-refractivity contribution in [1.82, 2.24) is 4.98 Å². The van der Waals surface area contributed by atoms with Crippen LogP contribution in [0.3, 0.4) is 0 Å². The molecule has 0 spiro atoms. The molecule has 0 radical (unpaired) electrons. The molecule has 0 saturated heterocycles. The first-order valence-corrected chi connectivity index (χ1v) is 5.10. The van der Waals surface area contributed by atoms with Gasteiger partial charge in [0, 0.05) is 17.3 Å². The Morgan fingerprint density at radius 1 is 1.06 bits per heavy atom. The van der Waals surface area contributed by atoms with Crippen molar-refractivity contribution in [3.05, 3.63) is 53.7 Å². The lowest BCUT2D eigenvalue weighted by Crippen LogP contribution is -2.04. The molecule has 2 nitrogen and oxygen atoms in total. The van der Waals surface area contributed by atoms with Gasteiger partial charge < -0.3 is 0 Å². The van der Waals surface area contributed by atoms with E-state index in [1.807, 2.05) is 0 Å². The molecular formula is C13H8F3NO. The first-order chi connectivity index (χ1) is 8.52. The van der Waals surface area contributed by atoms with Crippen molar-refractivity contribution < 1.29 is 18.0 Å². The van der Waals surface area contributed by atoms with Crippen LogP contribution in [0.5, 0.6) is 0 Å². The van der Waals surface area contributed by atoms with Gasteiger partial charge in [-0.2, -0.15) is 13.2 Å². The van der Waals surface area contributed by atoms with Crippen molar-refractivity contribution in [3.8, 4) is 11.3 Å². The average molecular weight is 251 g/mol. The van der Waals surface area contributed by atoms with Gasteiger partial charge >= 0.3 is 6.18 Å². The molecule has 5 heteroatoms. The summed E-state index contributed by atoms with van der Waals surface area (Å²) in [6, 6.07) is 7.71. The molecule has 18 heavy (non-hydrogen) atoms. The van der Waals surface area contributed by atoms with E-state index >= 15 is 0 Å². The van der Waals surface area contributed by atoms with Gasteiger partial charge in [0.05, 0.1) is 11.3 Å². The van der Waals surface area contributed by atoms with Gasteiger partial charge in [0.15, 0.2) is 6.29 Å². The predicted octanol–water partition coefficient (Wildman–Crippen LogP) is 3.58. The number of halogens is 3. The molecule has 2 rings (SSSR count). The summed E-state index contributed by atoms with van der Waals surface area (Å²) >= 11 is 0. The van der Waals surface area contributed by atoms with E-state index in [4.69, 9.17) is 0 Å². The molecule has 0 atom stereocenters. The Bertz CT molecular complexity index is 561. The van der Waals surface area contributed by atoms with Crippen LogP contribution in [0.15, 0.2) is 42.6 Å². The topological polar surface area (TPSA) is 30.0 Å². The molecule has 92 valence electrons. The number of pyridine rings is 1. The van der Waals surface area contributed by atoms with E-state index < -0.39 is 11.7 Å². The minimum absolute atomic E-state index is 0.345. The van der Waals surface area contributed by atoms with E-state index in [-0.39, 0.29) is 0 Å². The Morgan fingerprint density at radius 3 is 2.28 bits per heavy atom. The Hall–Kier alpha value is -2.17. The third-order valence-corrected chi connectivity index (χ3v) is 2.45. The molecule has 0 bridgehead atoms. The lowest BCUT2D eigenvalue weighted by atomic mass is 10.0. The Labute approximate surface area is 101 Å². The van der Waals surface area contributed by atoms with Crippen LogP contribution in [0.2, 0.25) is 0 Å². The number of aromatic nitrogens is 1. The zero-order valence-electron chi connectivity index (χ0n) is 9.11. The monoisotopic (exact) mass is 251 g/mol. The summed E-state index contributed by atoms with van der Waals surface area (Å²) in [5.74, 6) is 0. The van der Waals surface area contributed by atoms with Crippen molar-refractivity contribution >= 4 is 6.29 Å². The minimum Gasteiger partial charge on any atom is -0.298 e. The van der Waals surface area contributed by atoms with Crippen LogP contribution in [-0.2, 0) is 6.18 Å². The Balaban J connectivity index is 2.44. The molecule has 0 amide bonds. The van der Waals surface area contributed by atoms with Crippen molar-refractivity contribution in [2.24, 2.45) is 0 Å². The SMILES string of the molecule is O=Cc1cccnc1-c1ccc(C(F)(F)F)cc1. The highest BCUT2D eigenvalue weighted by atomic mass is 19.4. The largest absolute Gasteiger partial charge is 0.416 e. The van der Waals surface area contributed by atoms with Gasteiger partial charge in [-0.1, -0.05) is 12.1 Å². The van der Waals surface area contributed by atoms with Crippen molar-refractivity contribution in [1.29, 1.82) is 0 Å². The van der Waals surface area contributed by atoms with E-state index in [1.54, 1.807) is 12.1 Å². The van der Waals surface area contributed by atoms with E-state index in [9.17, 15) is 18.0 Å². The lowest BCUT2D eigenvalue weighted by Gasteiger charge is -2.08. The molecule has 0 aliphatic heterocycles. The number of nitrogens with zero attached hydrogens (tertiary/aromatic N) is 1. The summed E-state index contributed by atoms with van der Waals surface area (Å²) in [4.78, 5) is 14.8. The summed E-state index contributed by atoms with van der Waals surface area (Å²) < 4.78 is 37.2. The van der Waals surface area contributed by atoms with Crippen LogP contribution >= 0.6 is 0 Å². The molecular weight excluding hydrogens is 243 g/mol. The van der Waals surface area contributed by atoms with Gasteiger partial charge in [-0.15, -0.1) is 0 Å². The molecule has 0 aliphatic rings. The van der Waals surface area contributed by atoms with Crippen LogP contribution in [0.25, 0.3) is 11.3 Å². The lowest BCUT2D eigenvalue weighted by molar-refractivity contribution is -0.137. The summed E-state index contributed by atoms with van der Waals surface area (Å²) in [5, 5.41) is 0. The van der Waals surface area contributed by atoms with Crippen LogP contribution in [-0.4, -0.2) is 11.3 Å². The van der Waals surface area contributed by atoms with Gasteiger partial charge in [0.2, 0.25) is 0 Å². The van der Waals surface area contributed by atoms with Crippen molar-refractivity contribution in [2.45, 2.75) is 6.18 Å². The number of aldehydes is 1. The predicted molar refractivity (Wildman–Crippen MR) is 60.1 cm³/mol. The second-order valence-electron chi connectivity index (χ2n) is 3.63. The van der Waals surface area contributed by atoms with Gasteiger partial charge in [0.1, 0.15) is 0 Å². The quantitative estimate of drug-likeness (QED) is 0.763. The van der Waals surface area contributed by atoms with E-state index in [0.717, 1.165) is 12.1 Å². The van der Waals surface area contributed by atoms with Crippen molar-refractivity contribution in [2.75, 3.05) is 0 Å². The van der Waals surface area contributed by atoms with Gasteiger partial charge in [-0.05, 0) is 24.3 Å². The minimum atomic E-state index is -4.36. The average Bonchev–Trinajstić information content (AvgIpc) is 2.38. The fraction of sp³-hybridized carbons (Fsp3) is 0.0769. The molecule has 0 N–H and O–H groups in total. The highest BCUT2D eigenvalue weighted by Crippen LogP contribution is 2.30. The van der Waals surface area contributed by atoms with E-state index in [2.05, 4.69) is 4.98 Å². The summed E-state index contributed by atoms with van der Waals surface area (Å²) in [7, 11) is 0. The highest BCUT2D eigenvalue weighted by molar-refractivity contribution is 5.85. The van der Waals surface area contributed by atoms with E-state index in [1.165, 1.54) is 18.3 Å².